The Balaban J connectivity index is 2.15. The fourth-order valence-corrected chi connectivity index (χ4v) is 3.78. The van der Waals surface area contributed by atoms with E-state index >= 15 is 0 Å². The minimum absolute atomic E-state index is 0.0266. The summed E-state index contributed by atoms with van der Waals surface area (Å²) < 4.78 is 26.8. The topological polar surface area (TPSA) is 82.8 Å². The van der Waals surface area contributed by atoms with Gasteiger partial charge in [0, 0.05) is 11.1 Å². The third-order valence-electron chi connectivity index (χ3n) is 2.73. The van der Waals surface area contributed by atoms with Crippen LogP contribution >= 0.6 is 22.9 Å². The Morgan fingerprint density at radius 1 is 1.48 bits per heavy atom. The molecule has 0 atom stereocenters. The van der Waals surface area contributed by atoms with Crippen molar-refractivity contribution in [3.05, 3.63) is 44.9 Å². The van der Waals surface area contributed by atoms with Crippen LogP contribution < -0.4 is 4.72 Å². The summed E-state index contributed by atoms with van der Waals surface area (Å²) in [6, 6.07) is 5.89. The van der Waals surface area contributed by atoms with Crippen LogP contribution in [0.1, 0.15) is 22.4 Å². The predicted molar refractivity (Wildman–Crippen MR) is 81.7 cm³/mol. The molecule has 0 unspecified atom stereocenters. The van der Waals surface area contributed by atoms with Crippen LogP contribution in [0, 0.1) is 11.3 Å². The highest BCUT2D eigenvalue weighted by Gasteiger charge is 2.16. The van der Waals surface area contributed by atoms with Crippen LogP contribution in [-0.4, -0.2) is 13.4 Å². The van der Waals surface area contributed by atoms with Crippen molar-refractivity contribution in [2.45, 2.75) is 24.8 Å². The number of benzene rings is 1. The maximum atomic E-state index is 12.2. The van der Waals surface area contributed by atoms with E-state index in [0.717, 1.165) is 11.3 Å². The quantitative estimate of drug-likeness (QED) is 0.906. The van der Waals surface area contributed by atoms with Crippen molar-refractivity contribution in [2.75, 3.05) is 0 Å². The van der Waals surface area contributed by atoms with Crippen LogP contribution in [-0.2, 0) is 23.0 Å². The van der Waals surface area contributed by atoms with Crippen LogP contribution in [0.3, 0.4) is 0 Å². The number of thiazole rings is 1. The first-order chi connectivity index (χ1) is 9.96. The van der Waals surface area contributed by atoms with Gasteiger partial charge in [0.25, 0.3) is 0 Å². The van der Waals surface area contributed by atoms with E-state index < -0.39 is 10.0 Å². The molecule has 8 heteroatoms. The molecular formula is C13H12ClN3O2S2. The molecule has 0 aliphatic heterocycles. The first-order valence-corrected chi connectivity index (χ1v) is 8.77. The van der Waals surface area contributed by atoms with Crippen molar-refractivity contribution >= 4 is 33.0 Å². The zero-order valence-electron chi connectivity index (χ0n) is 11.1. The van der Waals surface area contributed by atoms with E-state index in [-0.39, 0.29) is 22.0 Å². The summed E-state index contributed by atoms with van der Waals surface area (Å²) in [5.41, 5.74) is 0.239. The van der Waals surface area contributed by atoms with Crippen molar-refractivity contribution in [3.63, 3.8) is 0 Å². The molecule has 0 aliphatic carbocycles. The first kappa shape index (κ1) is 15.9. The van der Waals surface area contributed by atoms with Gasteiger partial charge in [0.05, 0.1) is 22.0 Å². The number of nitrogens with one attached hydrogen (secondary N) is 1. The second kappa shape index (κ2) is 6.54. The first-order valence-electron chi connectivity index (χ1n) is 6.09. The van der Waals surface area contributed by atoms with E-state index in [2.05, 4.69) is 9.71 Å². The molecule has 0 spiro atoms. The standard InChI is InChI=1S/C13H12ClN3O2S2/c1-2-10-7-16-13(20-10)8-17-21(18,19)11-4-3-9(6-15)12(14)5-11/h3-5,7,17H,2,8H2,1H3. The molecule has 1 aromatic heterocycles. The molecule has 0 aliphatic rings. The molecule has 1 heterocycles. The maximum absolute atomic E-state index is 12.2. The summed E-state index contributed by atoms with van der Waals surface area (Å²) in [6.45, 7) is 2.14. The molecule has 0 saturated carbocycles. The number of aryl methyl sites for hydroxylation is 1. The number of nitrogens with zero attached hydrogens (tertiary/aromatic N) is 2. The minimum Gasteiger partial charge on any atom is -0.248 e. The molecule has 0 saturated heterocycles. The number of aromatic nitrogens is 1. The average Bonchev–Trinajstić information content (AvgIpc) is 2.93. The van der Waals surface area contributed by atoms with Crippen LogP contribution in [0.15, 0.2) is 29.3 Å². The Morgan fingerprint density at radius 3 is 2.81 bits per heavy atom. The monoisotopic (exact) mass is 341 g/mol. The van der Waals surface area contributed by atoms with Gasteiger partial charge in [0.15, 0.2) is 0 Å². The van der Waals surface area contributed by atoms with E-state index in [1.165, 1.54) is 29.5 Å². The van der Waals surface area contributed by atoms with Gasteiger partial charge >= 0.3 is 0 Å². The number of nitriles is 1. The second-order valence-electron chi connectivity index (χ2n) is 4.15. The predicted octanol–water partition coefficient (Wildman–Crippen LogP) is 2.71. The van der Waals surface area contributed by atoms with E-state index in [1.54, 1.807) is 6.20 Å². The number of hydrogen-bond donors (Lipinski definition) is 1. The van der Waals surface area contributed by atoms with E-state index in [0.29, 0.717) is 5.01 Å². The van der Waals surface area contributed by atoms with Gasteiger partial charge < -0.3 is 0 Å². The summed E-state index contributed by atoms with van der Waals surface area (Å²) in [5.74, 6) is 0. The Hall–Kier alpha value is -1.46. The summed E-state index contributed by atoms with van der Waals surface area (Å²) in [5, 5.41) is 9.60. The number of rotatable bonds is 5. The molecule has 21 heavy (non-hydrogen) atoms. The van der Waals surface area contributed by atoms with Crippen molar-refractivity contribution in [1.29, 1.82) is 5.26 Å². The zero-order chi connectivity index (χ0) is 15.5. The van der Waals surface area contributed by atoms with Crippen LogP contribution in [0.25, 0.3) is 0 Å². The summed E-state index contributed by atoms with van der Waals surface area (Å²) >= 11 is 7.32. The minimum atomic E-state index is -3.68. The SMILES string of the molecule is CCc1cnc(CNS(=O)(=O)c2ccc(C#N)c(Cl)c2)s1. The smallest absolute Gasteiger partial charge is 0.241 e. The fourth-order valence-electron chi connectivity index (χ4n) is 1.59. The lowest BCUT2D eigenvalue weighted by Crippen LogP contribution is -2.23. The normalized spacial score (nSPS) is 11.3. The van der Waals surface area contributed by atoms with Crippen LogP contribution in [0.5, 0.6) is 0 Å². The molecule has 1 aromatic carbocycles. The van der Waals surface area contributed by atoms with Crippen molar-refractivity contribution in [1.82, 2.24) is 9.71 Å². The molecule has 2 rings (SSSR count). The van der Waals surface area contributed by atoms with Gasteiger partial charge in [-0.1, -0.05) is 18.5 Å². The van der Waals surface area contributed by atoms with Crippen molar-refractivity contribution < 1.29 is 8.42 Å². The van der Waals surface area contributed by atoms with Gasteiger partial charge in [-0.25, -0.2) is 18.1 Å². The van der Waals surface area contributed by atoms with Gasteiger partial charge in [-0.3, -0.25) is 0 Å². The van der Waals surface area contributed by atoms with Crippen LogP contribution in [0.4, 0.5) is 0 Å². The fraction of sp³-hybridized carbons (Fsp3) is 0.231. The van der Waals surface area contributed by atoms with Gasteiger partial charge in [-0.2, -0.15) is 5.26 Å². The molecule has 0 radical (unpaired) electrons. The summed E-state index contributed by atoms with van der Waals surface area (Å²) in [4.78, 5) is 5.28. The largest absolute Gasteiger partial charge is 0.248 e. The van der Waals surface area contributed by atoms with E-state index in [1.807, 2.05) is 13.0 Å². The Bertz CT molecular complexity index is 794. The zero-order valence-corrected chi connectivity index (χ0v) is 13.5. The molecule has 0 bridgehead atoms. The second-order valence-corrected chi connectivity index (χ2v) is 7.53. The van der Waals surface area contributed by atoms with Crippen molar-refractivity contribution in [3.8, 4) is 6.07 Å². The lowest BCUT2D eigenvalue weighted by molar-refractivity contribution is 0.581. The highest BCUT2D eigenvalue weighted by atomic mass is 35.5. The lowest BCUT2D eigenvalue weighted by atomic mass is 10.2. The highest BCUT2D eigenvalue weighted by Crippen LogP contribution is 2.20. The van der Waals surface area contributed by atoms with E-state index in [9.17, 15) is 8.42 Å². The van der Waals surface area contributed by atoms with Gasteiger partial charge in [-0.05, 0) is 24.6 Å². The molecule has 2 aromatic rings. The number of hydrogen-bond acceptors (Lipinski definition) is 5. The Morgan fingerprint density at radius 2 is 2.24 bits per heavy atom. The third kappa shape index (κ3) is 3.80. The maximum Gasteiger partial charge on any atom is 0.241 e. The van der Waals surface area contributed by atoms with E-state index in [4.69, 9.17) is 16.9 Å². The molecular weight excluding hydrogens is 330 g/mol. The van der Waals surface area contributed by atoms with Gasteiger partial charge in [0.1, 0.15) is 11.1 Å². The molecule has 0 amide bonds. The third-order valence-corrected chi connectivity index (χ3v) is 5.59. The lowest BCUT2D eigenvalue weighted by Gasteiger charge is -2.06. The van der Waals surface area contributed by atoms with Crippen LogP contribution in [0.2, 0.25) is 5.02 Å². The summed E-state index contributed by atoms with van der Waals surface area (Å²) in [6.07, 6.45) is 2.61. The molecule has 5 nitrogen and oxygen atoms in total. The Kier molecular flexibility index (Phi) is 4.96. The number of halogens is 1. The van der Waals surface area contributed by atoms with Gasteiger partial charge in [0.2, 0.25) is 10.0 Å². The highest BCUT2D eigenvalue weighted by molar-refractivity contribution is 7.89. The molecule has 110 valence electrons. The van der Waals surface area contributed by atoms with Crippen molar-refractivity contribution in [2.24, 2.45) is 0 Å². The average molecular weight is 342 g/mol. The molecule has 0 fully saturated rings. The molecule has 1 N–H and O–H groups in total. The Labute approximate surface area is 132 Å². The number of sulfonamides is 1. The van der Waals surface area contributed by atoms with Gasteiger partial charge in [-0.15, -0.1) is 11.3 Å². The summed E-state index contributed by atoms with van der Waals surface area (Å²) in [7, 11) is -3.68.